The number of carbonyl (C=O) groups is 1. The summed E-state index contributed by atoms with van der Waals surface area (Å²) in [6.07, 6.45) is 3.81. The Kier molecular flexibility index (Phi) is 4.74. The predicted molar refractivity (Wildman–Crippen MR) is 116 cm³/mol. The molecule has 0 aliphatic carbocycles. The molecule has 1 amide bonds. The van der Waals surface area contributed by atoms with E-state index in [-0.39, 0.29) is 5.91 Å². The van der Waals surface area contributed by atoms with Crippen LogP contribution in [0, 0.1) is 0 Å². The van der Waals surface area contributed by atoms with Gasteiger partial charge in [0.2, 0.25) is 5.91 Å². The fraction of sp³-hybridized carbons (Fsp3) is 0.0455. The number of pyridine rings is 1. The molecule has 0 spiro atoms. The molecule has 0 radical (unpaired) electrons. The molecule has 7 nitrogen and oxygen atoms in total. The molecule has 4 aromatic heterocycles. The minimum absolute atomic E-state index is 0.0313. The highest BCUT2D eigenvalue weighted by molar-refractivity contribution is 7.10. The summed E-state index contributed by atoms with van der Waals surface area (Å²) in [5.74, 6) is 0.628. The Morgan fingerprint density at radius 3 is 2.53 bits per heavy atom. The molecule has 5 aromatic rings. The van der Waals surface area contributed by atoms with Gasteiger partial charge in [-0.25, -0.2) is 0 Å². The largest absolute Gasteiger partial charge is 0.326 e. The van der Waals surface area contributed by atoms with Crippen molar-refractivity contribution in [2.45, 2.75) is 6.42 Å². The minimum atomic E-state index is -0.0313. The highest BCUT2D eigenvalue weighted by atomic mass is 32.1. The number of anilines is 1. The summed E-state index contributed by atoms with van der Waals surface area (Å²) in [4.78, 5) is 17.3. The lowest BCUT2D eigenvalue weighted by Crippen LogP contribution is -2.13. The average Bonchev–Trinajstić information content (AvgIpc) is 3.44. The van der Waals surface area contributed by atoms with Crippen LogP contribution in [0.1, 0.15) is 4.88 Å². The molecule has 0 unspecified atom stereocenters. The second-order valence-electron chi connectivity index (χ2n) is 6.63. The van der Waals surface area contributed by atoms with Gasteiger partial charge in [-0.1, -0.05) is 18.2 Å². The van der Waals surface area contributed by atoms with Crippen LogP contribution in [-0.4, -0.2) is 30.7 Å². The van der Waals surface area contributed by atoms with Gasteiger partial charge in [0.25, 0.3) is 0 Å². The van der Waals surface area contributed by atoms with E-state index in [4.69, 9.17) is 5.10 Å². The minimum Gasteiger partial charge on any atom is -0.326 e. The average molecular weight is 412 g/mol. The fourth-order valence-corrected chi connectivity index (χ4v) is 3.83. The topological polar surface area (TPSA) is 85.1 Å². The van der Waals surface area contributed by atoms with E-state index in [0.29, 0.717) is 17.9 Å². The third-order valence-electron chi connectivity index (χ3n) is 4.58. The van der Waals surface area contributed by atoms with E-state index in [0.717, 1.165) is 27.4 Å². The van der Waals surface area contributed by atoms with Crippen LogP contribution in [0.15, 0.2) is 78.4 Å². The molecule has 0 bridgehead atoms. The van der Waals surface area contributed by atoms with Crippen molar-refractivity contribution in [1.82, 2.24) is 24.8 Å². The number of fused-ring (bicyclic) bond motifs is 1. The third-order valence-corrected chi connectivity index (χ3v) is 5.46. The number of nitrogens with zero attached hydrogens (tertiary/aromatic N) is 5. The second kappa shape index (κ2) is 7.84. The van der Waals surface area contributed by atoms with Gasteiger partial charge < -0.3 is 5.32 Å². The van der Waals surface area contributed by atoms with Crippen LogP contribution in [0.5, 0.6) is 0 Å². The van der Waals surface area contributed by atoms with Crippen molar-refractivity contribution in [3.05, 3.63) is 83.3 Å². The Morgan fingerprint density at radius 1 is 0.933 bits per heavy atom. The first kappa shape index (κ1) is 18.1. The lowest BCUT2D eigenvalue weighted by molar-refractivity contribution is -0.115. The number of benzene rings is 1. The SMILES string of the molecule is O=C(Cc1cccs1)Nc1ccc(-c2ccc3nnc(-c4ccncc4)n3n2)cc1. The third kappa shape index (κ3) is 3.68. The van der Waals surface area contributed by atoms with Crippen LogP contribution in [0.3, 0.4) is 0 Å². The maximum Gasteiger partial charge on any atom is 0.229 e. The van der Waals surface area contributed by atoms with Gasteiger partial charge in [0.1, 0.15) is 0 Å². The summed E-state index contributed by atoms with van der Waals surface area (Å²) in [5.41, 5.74) is 4.04. The molecule has 0 aliphatic rings. The molecule has 0 aliphatic heterocycles. The summed E-state index contributed by atoms with van der Waals surface area (Å²) in [5, 5.41) is 18.1. The molecule has 5 rings (SSSR count). The number of amides is 1. The van der Waals surface area contributed by atoms with Gasteiger partial charge >= 0.3 is 0 Å². The monoisotopic (exact) mass is 412 g/mol. The second-order valence-corrected chi connectivity index (χ2v) is 7.66. The number of nitrogens with one attached hydrogen (secondary N) is 1. The van der Waals surface area contributed by atoms with Crippen LogP contribution in [0.2, 0.25) is 0 Å². The van der Waals surface area contributed by atoms with Crippen molar-refractivity contribution >= 4 is 28.6 Å². The molecule has 4 heterocycles. The Bertz CT molecular complexity index is 1300. The van der Waals surface area contributed by atoms with Crippen molar-refractivity contribution in [2.75, 3.05) is 5.32 Å². The van der Waals surface area contributed by atoms with E-state index >= 15 is 0 Å². The first-order valence-corrected chi connectivity index (χ1v) is 10.2. The molecule has 0 saturated heterocycles. The van der Waals surface area contributed by atoms with Gasteiger partial charge in [0.15, 0.2) is 11.5 Å². The smallest absolute Gasteiger partial charge is 0.229 e. The zero-order chi connectivity index (χ0) is 20.3. The highest BCUT2D eigenvalue weighted by Crippen LogP contribution is 2.22. The molecule has 0 atom stereocenters. The van der Waals surface area contributed by atoms with Gasteiger partial charge in [-0.3, -0.25) is 9.78 Å². The van der Waals surface area contributed by atoms with Gasteiger partial charge in [-0.05, 0) is 47.8 Å². The van der Waals surface area contributed by atoms with Crippen LogP contribution >= 0.6 is 11.3 Å². The molecular formula is C22H16N6OS. The van der Waals surface area contributed by atoms with Crippen LogP contribution in [0.25, 0.3) is 28.3 Å². The maximum atomic E-state index is 12.2. The lowest BCUT2D eigenvalue weighted by atomic mass is 10.1. The fourth-order valence-electron chi connectivity index (χ4n) is 3.12. The van der Waals surface area contributed by atoms with E-state index in [1.54, 1.807) is 28.2 Å². The van der Waals surface area contributed by atoms with E-state index in [9.17, 15) is 4.79 Å². The van der Waals surface area contributed by atoms with Crippen LogP contribution in [0.4, 0.5) is 5.69 Å². The molecule has 0 fully saturated rings. The number of thiophene rings is 1. The van der Waals surface area contributed by atoms with Crippen molar-refractivity contribution < 1.29 is 4.79 Å². The summed E-state index contributed by atoms with van der Waals surface area (Å²) in [7, 11) is 0. The van der Waals surface area contributed by atoms with Crippen LogP contribution < -0.4 is 5.32 Å². The van der Waals surface area contributed by atoms with Gasteiger partial charge in [0, 0.05) is 34.1 Å². The van der Waals surface area contributed by atoms with Gasteiger partial charge in [0.05, 0.1) is 12.1 Å². The summed E-state index contributed by atoms with van der Waals surface area (Å²) < 4.78 is 1.72. The molecular weight excluding hydrogens is 396 g/mol. The number of aromatic nitrogens is 5. The highest BCUT2D eigenvalue weighted by Gasteiger charge is 2.11. The standard InChI is InChI=1S/C22H16N6OS/c29-21(14-18-2-1-13-30-18)24-17-5-3-15(4-6-17)19-7-8-20-25-26-22(28(20)27-19)16-9-11-23-12-10-16/h1-13H,14H2,(H,24,29). The Balaban J connectivity index is 1.38. The molecule has 30 heavy (non-hydrogen) atoms. The summed E-state index contributed by atoms with van der Waals surface area (Å²) >= 11 is 1.58. The van der Waals surface area contributed by atoms with Crippen molar-refractivity contribution in [1.29, 1.82) is 0 Å². The summed E-state index contributed by atoms with van der Waals surface area (Å²) in [6, 6.07) is 19.1. The Labute approximate surface area is 176 Å². The van der Waals surface area contributed by atoms with E-state index in [2.05, 4.69) is 20.5 Å². The zero-order valence-corrected chi connectivity index (χ0v) is 16.6. The van der Waals surface area contributed by atoms with Crippen molar-refractivity contribution in [3.63, 3.8) is 0 Å². The first-order valence-electron chi connectivity index (χ1n) is 9.32. The molecule has 146 valence electrons. The summed E-state index contributed by atoms with van der Waals surface area (Å²) in [6.45, 7) is 0. The van der Waals surface area contributed by atoms with Crippen LogP contribution in [-0.2, 0) is 11.2 Å². The van der Waals surface area contributed by atoms with Gasteiger partial charge in [-0.2, -0.15) is 9.61 Å². The Hall–Kier alpha value is -3.91. The molecule has 0 saturated carbocycles. The van der Waals surface area contributed by atoms with E-state index in [1.807, 2.05) is 66.0 Å². The van der Waals surface area contributed by atoms with Crippen molar-refractivity contribution in [2.24, 2.45) is 0 Å². The maximum absolute atomic E-state index is 12.2. The molecule has 1 N–H and O–H groups in total. The predicted octanol–water partition coefficient (Wildman–Crippen LogP) is 4.10. The van der Waals surface area contributed by atoms with Crippen molar-refractivity contribution in [3.8, 4) is 22.6 Å². The first-order chi connectivity index (χ1) is 14.8. The number of hydrogen-bond donors (Lipinski definition) is 1. The Morgan fingerprint density at radius 2 is 1.77 bits per heavy atom. The van der Waals surface area contributed by atoms with E-state index < -0.39 is 0 Å². The molecule has 1 aromatic carbocycles. The lowest BCUT2D eigenvalue weighted by Gasteiger charge is -2.07. The quantitative estimate of drug-likeness (QED) is 0.470. The van der Waals surface area contributed by atoms with E-state index in [1.165, 1.54) is 0 Å². The molecule has 8 heteroatoms. The van der Waals surface area contributed by atoms with Gasteiger partial charge in [-0.15, -0.1) is 21.5 Å². The number of hydrogen-bond acceptors (Lipinski definition) is 6. The normalized spacial score (nSPS) is 10.9. The number of rotatable bonds is 5. The number of carbonyl (C=O) groups excluding carboxylic acids is 1. The zero-order valence-electron chi connectivity index (χ0n) is 15.8.